The topological polar surface area (TPSA) is 82.8 Å². The Kier molecular flexibility index (Phi) is 7.89. The van der Waals surface area contributed by atoms with Gasteiger partial charge in [-0.25, -0.2) is 0 Å². The van der Waals surface area contributed by atoms with Gasteiger partial charge in [0.2, 0.25) is 0 Å². The van der Waals surface area contributed by atoms with Gasteiger partial charge in [-0.15, -0.1) is 0 Å². The number of primary amides is 1. The van der Waals surface area contributed by atoms with Crippen molar-refractivity contribution < 1.29 is 19.0 Å². The van der Waals surface area contributed by atoms with Gasteiger partial charge < -0.3 is 25.3 Å². The van der Waals surface area contributed by atoms with Crippen LogP contribution in [0.25, 0.3) is 0 Å². The highest BCUT2D eigenvalue weighted by Gasteiger charge is 2.13. The lowest BCUT2D eigenvalue weighted by Crippen LogP contribution is -2.21. The smallest absolute Gasteiger partial charge is 0.255 e. The Labute approximate surface area is 129 Å². The standard InChI is InChI=1S/C14H21ClN2O4/c1-3-20-12-7-10(8-17-4-5-19-2)6-11(15)14(12)21-9-13(16)18/h6-7,17H,3-5,8-9H2,1-2H3,(H2,16,18). The molecule has 3 N–H and O–H groups in total. The highest BCUT2D eigenvalue weighted by molar-refractivity contribution is 6.32. The summed E-state index contributed by atoms with van der Waals surface area (Å²) in [5, 5.41) is 3.60. The molecule has 0 unspecified atom stereocenters. The van der Waals surface area contributed by atoms with Gasteiger partial charge in [0.25, 0.3) is 5.91 Å². The summed E-state index contributed by atoms with van der Waals surface area (Å²) in [7, 11) is 1.65. The fourth-order valence-corrected chi connectivity index (χ4v) is 1.96. The first-order chi connectivity index (χ1) is 10.1. The van der Waals surface area contributed by atoms with Crippen molar-refractivity contribution >= 4 is 17.5 Å². The molecule has 0 saturated heterocycles. The first-order valence-electron chi connectivity index (χ1n) is 6.64. The van der Waals surface area contributed by atoms with E-state index in [0.29, 0.717) is 36.3 Å². The van der Waals surface area contributed by atoms with E-state index in [1.54, 1.807) is 13.2 Å². The van der Waals surface area contributed by atoms with Crippen molar-refractivity contribution in [3.05, 3.63) is 22.7 Å². The summed E-state index contributed by atoms with van der Waals surface area (Å²) in [6, 6.07) is 3.59. The Bertz CT molecular complexity index is 469. The molecule has 1 rings (SSSR count). The average Bonchev–Trinajstić information content (AvgIpc) is 2.43. The minimum atomic E-state index is -0.571. The molecule has 0 aliphatic heterocycles. The number of hydrogen-bond donors (Lipinski definition) is 2. The van der Waals surface area contributed by atoms with Crippen molar-refractivity contribution in [3.8, 4) is 11.5 Å². The summed E-state index contributed by atoms with van der Waals surface area (Å²) < 4.78 is 15.8. The maximum Gasteiger partial charge on any atom is 0.255 e. The zero-order valence-corrected chi connectivity index (χ0v) is 13.0. The molecule has 1 amide bonds. The van der Waals surface area contributed by atoms with E-state index in [-0.39, 0.29) is 6.61 Å². The third kappa shape index (κ3) is 6.20. The molecule has 0 aliphatic carbocycles. The lowest BCUT2D eigenvalue weighted by atomic mass is 10.2. The highest BCUT2D eigenvalue weighted by Crippen LogP contribution is 2.36. The molecule has 21 heavy (non-hydrogen) atoms. The van der Waals surface area contributed by atoms with Gasteiger partial charge in [-0.2, -0.15) is 0 Å². The van der Waals surface area contributed by atoms with E-state index in [1.807, 2.05) is 13.0 Å². The van der Waals surface area contributed by atoms with Crippen LogP contribution in [0.4, 0.5) is 0 Å². The number of ether oxygens (including phenoxy) is 3. The normalized spacial score (nSPS) is 10.4. The Morgan fingerprint density at radius 1 is 1.38 bits per heavy atom. The summed E-state index contributed by atoms with van der Waals surface area (Å²) in [5.74, 6) is 0.256. The molecule has 0 spiro atoms. The number of nitrogens with one attached hydrogen (secondary N) is 1. The van der Waals surface area contributed by atoms with Gasteiger partial charge in [-0.05, 0) is 24.6 Å². The van der Waals surface area contributed by atoms with Gasteiger partial charge in [-0.1, -0.05) is 11.6 Å². The van der Waals surface area contributed by atoms with E-state index >= 15 is 0 Å². The number of benzene rings is 1. The van der Waals surface area contributed by atoms with Gasteiger partial charge in [0.1, 0.15) is 0 Å². The van der Waals surface area contributed by atoms with Gasteiger partial charge in [0.15, 0.2) is 18.1 Å². The number of hydrogen-bond acceptors (Lipinski definition) is 5. The highest BCUT2D eigenvalue weighted by atomic mass is 35.5. The van der Waals surface area contributed by atoms with E-state index in [4.69, 9.17) is 31.5 Å². The molecule has 0 radical (unpaired) electrons. The van der Waals surface area contributed by atoms with Crippen molar-refractivity contribution in [1.29, 1.82) is 0 Å². The minimum absolute atomic E-state index is 0.245. The van der Waals surface area contributed by atoms with Crippen LogP contribution in [0.15, 0.2) is 12.1 Å². The van der Waals surface area contributed by atoms with Crippen LogP contribution in [0.5, 0.6) is 11.5 Å². The largest absolute Gasteiger partial charge is 0.490 e. The molecule has 7 heteroatoms. The number of rotatable bonds is 10. The van der Waals surface area contributed by atoms with Crippen LogP contribution >= 0.6 is 11.6 Å². The van der Waals surface area contributed by atoms with Crippen LogP contribution in [0, 0.1) is 0 Å². The zero-order valence-electron chi connectivity index (χ0n) is 12.3. The summed E-state index contributed by atoms with van der Waals surface area (Å²) in [6.45, 7) is 4.06. The van der Waals surface area contributed by atoms with E-state index in [9.17, 15) is 4.79 Å². The van der Waals surface area contributed by atoms with E-state index in [2.05, 4.69) is 5.32 Å². The maximum absolute atomic E-state index is 10.8. The first-order valence-corrected chi connectivity index (χ1v) is 7.02. The fraction of sp³-hybridized carbons (Fsp3) is 0.500. The number of carbonyl (C=O) groups is 1. The number of halogens is 1. The van der Waals surface area contributed by atoms with Crippen molar-refractivity contribution in [1.82, 2.24) is 5.32 Å². The predicted octanol–water partition coefficient (Wildman–Crippen LogP) is 1.34. The second-order valence-electron chi connectivity index (χ2n) is 4.26. The van der Waals surface area contributed by atoms with Gasteiger partial charge in [-0.3, -0.25) is 4.79 Å². The molecule has 1 aromatic rings. The molecule has 0 aromatic heterocycles. The first kappa shape index (κ1) is 17.6. The summed E-state index contributed by atoms with van der Waals surface area (Å²) >= 11 is 6.18. The third-order valence-corrected chi connectivity index (χ3v) is 2.82. The fourth-order valence-electron chi connectivity index (χ4n) is 1.68. The summed E-state index contributed by atoms with van der Waals surface area (Å²) in [6.07, 6.45) is 0. The van der Waals surface area contributed by atoms with Crippen LogP contribution in [-0.4, -0.2) is 39.4 Å². The molecular formula is C14H21ClN2O4. The quantitative estimate of drug-likeness (QED) is 0.636. The molecule has 0 bridgehead atoms. The number of nitrogens with two attached hydrogens (primary N) is 1. The van der Waals surface area contributed by atoms with Crippen molar-refractivity contribution in [3.63, 3.8) is 0 Å². The summed E-state index contributed by atoms with van der Waals surface area (Å²) in [5.41, 5.74) is 6.02. The van der Waals surface area contributed by atoms with E-state index < -0.39 is 5.91 Å². The molecule has 0 fully saturated rings. The van der Waals surface area contributed by atoms with E-state index in [0.717, 1.165) is 12.1 Å². The molecule has 6 nitrogen and oxygen atoms in total. The van der Waals surface area contributed by atoms with Crippen LogP contribution < -0.4 is 20.5 Å². The van der Waals surface area contributed by atoms with Crippen molar-refractivity contribution in [2.75, 3.05) is 33.5 Å². The maximum atomic E-state index is 10.8. The SMILES string of the molecule is CCOc1cc(CNCCOC)cc(Cl)c1OCC(N)=O. The Hall–Kier alpha value is -1.50. The van der Waals surface area contributed by atoms with Crippen LogP contribution in [0.1, 0.15) is 12.5 Å². The van der Waals surface area contributed by atoms with Gasteiger partial charge in [0, 0.05) is 20.2 Å². The second kappa shape index (κ2) is 9.44. The lowest BCUT2D eigenvalue weighted by molar-refractivity contribution is -0.119. The number of amides is 1. The van der Waals surface area contributed by atoms with E-state index in [1.165, 1.54) is 0 Å². The van der Waals surface area contributed by atoms with Crippen LogP contribution in [0.2, 0.25) is 5.02 Å². The zero-order chi connectivity index (χ0) is 15.7. The molecule has 0 heterocycles. The van der Waals surface area contributed by atoms with Crippen molar-refractivity contribution in [2.45, 2.75) is 13.5 Å². The molecular weight excluding hydrogens is 296 g/mol. The monoisotopic (exact) mass is 316 g/mol. The predicted molar refractivity (Wildman–Crippen MR) is 80.9 cm³/mol. The molecule has 0 atom stereocenters. The molecule has 118 valence electrons. The summed E-state index contributed by atoms with van der Waals surface area (Å²) in [4.78, 5) is 10.8. The van der Waals surface area contributed by atoms with Gasteiger partial charge >= 0.3 is 0 Å². The van der Waals surface area contributed by atoms with Gasteiger partial charge in [0.05, 0.1) is 18.2 Å². The number of methoxy groups -OCH3 is 1. The molecule has 0 aliphatic rings. The van der Waals surface area contributed by atoms with Crippen molar-refractivity contribution in [2.24, 2.45) is 5.73 Å². The Morgan fingerprint density at radius 2 is 2.14 bits per heavy atom. The van der Waals surface area contributed by atoms with Crippen LogP contribution in [0.3, 0.4) is 0 Å². The Balaban J connectivity index is 2.81. The average molecular weight is 317 g/mol. The second-order valence-corrected chi connectivity index (χ2v) is 4.67. The lowest BCUT2D eigenvalue weighted by Gasteiger charge is -2.14. The third-order valence-electron chi connectivity index (χ3n) is 2.54. The Morgan fingerprint density at radius 3 is 2.76 bits per heavy atom. The van der Waals surface area contributed by atoms with Crippen LogP contribution in [-0.2, 0) is 16.1 Å². The number of carbonyl (C=O) groups excluding carboxylic acids is 1. The molecule has 0 saturated carbocycles. The molecule has 1 aromatic carbocycles. The minimum Gasteiger partial charge on any atom is -0.490 e.